The third-order valence-electron chi connectivity index (χ3n) is 6.71. The Morgan fingerprint density at radius 2 is 2.00 bits per heavy atom. The largest absolute Gasteiger partial charge is 0.0839 e. The van der Waals surface area contributed by atoms with E-state index in [2.05, 4.69) is 39.8 Å². The molecule has 0 amide bonds. The molecule has 0 heteroatoms. The van der Waals surface area contributed by atoms with Crippen molar-refractivity contribution in [3.63, 3.8) is 0 Å². The summed E-state index contributed by atoms with van der Waals surface area (Å²) in [6.45, 7) is 10.1. The highest BCUT2D eigenvalue weighted by Crippen LogP contribution is 2.91. The van der Waals surface area contributed by atoms with Crippen LogP contribution in [0.15, 0.2) is 12.2 Å². The maximum absolute atomic E-state index is 2.61. The van der Waals surface area contributed by atoms with E-state index in [4.69, 9.17) is 0 Å². The molecule has 0 aliphatic heterocycles. The Balaban J connectivity index is 1.98. The SMILES string of the molecule is C[C@@H]1CC[C]2C(C)(C)C3C4C=C[C@@]21[C@@]43C. The van der Waals surface area contributed by atoms with Crippen LogP contribution in [0.5, 0.6) is 0 Å². The van der Waals surface area contributed by atoms with Crippen LogP contribution in [0.25, 0.3) is 0 Å². The molecule has 1 spiro atoms. The first-order chi connectivity index (χ1) is 6.97. The highest BCUT2D eigenvalue weighted by Gasteiger charge is 2.86. The molecule has 0 aromatic rings. The molecular weight excluding hydrogens is 180 g/mol. The average molecular weight is 201 g/mol. The normalized spacial score (nSPS) is 63.3. The van der Waals surface area contributed by atoms with Gasteiger partial charge in [-0.2, -0.15) is 0 Å². The summed E-state index contributed by atoms with van der Waals surface area (Å²) in [6.07, 6.45) is 7.99. The Hall–Kier alpha value is -0.260. The van der Waals surface area contributed by atoms with Gasteiger partial charge in [0.05, 0.1) is 0 Å². The van der Waals surface area contributed by atoms with Gasteiger partial charge < -0.3 is 0 Å². The molecule has 15 heavy (non-hydrogen) atoms. The molecule has 0 N–H and O–H groups in total. The quantitative estimate of drug-likeness (QED) is 0.522. The van der Waals surface area contributed by atoms with Crippen molar-refractivity contribution >= 4 is 0 Å². The van der Waals surface area contributed by atoms with Crippen LogP contribution < -0.4 is 0 Å². The van der Waals surface area contributed by atoms with Gasteiger partial charge in [-0.3, -0.25) is 0 Å². The lowest BCUT2D eigenvalue weighted by Crippen LogP contribution is -2.34. The number of hydrogen-bond acceptors (Lipinski definition) is 0. The molecule has 4 rings (SSSR count). The molecule has 0 bridgehead atoms. The van der Waals surface area contributed by atoms with Gasteiger partial charge in [0.2, 0.25) is 0 Å². The monoisotopic (exact) mass is 201 g/mol. The van der Waals surface area contributed by atoms with Gasteiger partial charge in [0.1, 0.15) is 0 Å². The van der Waals surface area contributed by atoms with Crippen LogP contribution in [-0.4, -0.2) is 0 Å². The lowest BCUT2D eigenvalue weighted by atomic mass is 9.63. The third-order valence-corrected chi connectivity index (χ3v) is 6.71. The molecule has 0 aromatic carbocycles. The highest BCUT2D eigenvalue weighted by atomic mass is 14.9. The Morgan fingerprint density at radius 1 is 1.27 bits per heavy atom. The lowest BCUT2D eigenvalue weighted by Gasteiger charge is -2.40. The van der Waals surface area contributed by atoms with E-state index < -0.39 is 0 Å². The van der Waals surface area contributed by atoms with Crippen LogP contribution >= 0.6 is 0 Å². The van der Waals surface area contributed by atoms with Crippen LogP contribution in [-0.2, 0) is 0 Å². The molecule has 3 fully saturated rings. The van der Waals surface area contributed by atoms with Gasteiger partial charge in [-0.25, -0.2) is 0 Å². The molecule has 0 nitrogen and oxygen atoms in total. The summed E-state index contributed by atoms with van der Waals surface area (Å²) in [7, 11) is 0. The maximum Gasteiger partial charge on any atom is 0.00374 e. The van der Waals surface area contributed by atoms with Crippen molar-refractivity contribution in [1.82, 2.24) is 0 Å². The van der Waals surface area contributed by atoms with E-state index in [0.29, 0.717) is 16.2 Å². The fourth-order valence-corrected chi connectivity index (χ4v) is 6.28. The van der Waals surface area contributed by atoms with Crippen molar-refractivity contribution in [3.05, 3.63) is 18.1 Å². The van der Waals surface area contributed by atoms with Gasteiger partial charge >= 0.3 is 0 Å². The van der Waals surface area contributed by atoms with Crippen LogP contribution in [0.2, 0.25) is 0 Å². The highest BCUT2D eigenvalue weighted by molar-refractivity contribution is 5.52. The minimum atomic E-state index is 0.520. The van der Waals surface area contributed by atoms with Gasteiger partial charge in [0.25, 0.3) is 0 Å². The van der Waals surface area contributed by atoms with E-state index in [0.717, 1.165) is 17.8 Å². The smallest absolute Gasteiger partial charge is 0.00374 e. The van der Waals surface area contributed by atoms with Crippen molar-refractivity contribution in [3.8, 4) is 0 Å². The van der Waals surface area contributed by atoms with Crippen LogP contribution in [0.1, 0.15) is 40.5 Å². The van der Waals surface area contributed by atoms with Crippen molar-refractivity contribution < 1.29 is 0 Å². The summed E-state index contributed by atoms with van der Waals surface area (Å²) in [6, 6.07) is 0. The zero-order valence-corrected chi connectivity index (χ0v) is 10.3. The molecule has 4 aliphatic carbocycles. The predicted octanol–water partition coefficient (Wildman–Crippen LogP) is 3.84. The van der Waals surface area contributed by atoms with Crippen LogP contribution in [0.3, 0.4) is 0 Å². The zero-order chi connectivity index (χ0) is 10.6. The first kappa shape index (κ1) is 8.84. The van der Waals surface area contributed by atoms with Crippen molar-refractivity contribution in [2.24, 2.45) is 34.0 Å². The number of rotatable bonds is 0. The van der Waals surface area contributed by atoms with Crippen molar-refractivity contribution in [2.45, 2.75) is 40.5 Å². The summed E-state index contributed by atoms with van der Waals surface area (Å²) < 4.78 is 0. The minimum absolute atomic E-state index is 0.520. The summed E-state index contributed by atoms with van der Waals surface area (Å²) in [5.74, 6) is 4.68. The van der Waals surface area contributed by atoms with E-state index in [1.807, 2.05) is 5.92 Å². The number of allylic oxidation sites excluding steroid dienone is 2. The Bertz CT molecular complexity index is 377. The second-order valence-corrected chi connectivity index (χ2v) is 7.15. The average Bonchev–Trinajstić information content (AvgIpc) is 2.44. The fourth-order valence-electron chi connectivity index (χ4n) is 6.28. The summed E-state index contributed by atoms with van der Waals surface area (Å²) in [5.41, 5.74) is 1.67. The first-order valence-electron chi connectivity index (χ1n) is 6.53. The summed E-state index contributed by atoms with van der Waals surface area (Å²) in [4.78, 5) is 0. The standard InChI is InChI=1S/C15H21/c1-9-5-6-11-13(2,3)12-10-7-8-15(9,11)14(10,12)4/h7-10,12H,5-6H2,1-4H3/t9-,10?,12?,14+,15+/m1/s1. The molecule has 3 saturated carbocycles. The molecule has 4 aliphatic rings. The lowest BCUT2D eigenvalue weighted by molar-refractivity contribution is 0.203. The zero-order valence-electron chi connectivity index (χ0n) is 10.3. The van der Waals surface area contributed by atoms with Gasteiger partial charge in [0, 0.05) is 5.41 Å². The maximum atomic E-state index is 2.61. The van der Waals surface area contributed by atoms with Crippen LogP contribution in [0, 0.1) is 39.9 Å². The summed E-state index contributed by atoms with van der Waals surface area (Å²) in [5, 5.41) is 0. The number of hydrogen-bond donors (Lipinski definition) is 0. The van der Waals surface area contributed by atoms with Crippen molar-refractivity contribution in [2.75, 3.05) is 0 Å². The van der Waals surface area contributed by atoms with Gasteiger partial charge in [-0.1, -0.05) is 39.8 Å². The molecule has 0 saturated heterocycles. The van der Waals surface area contributed by atoms with Gasteiger partial charge in [0.15, 0.2) is 0 Å². The second kappa shape index (κ2) is 1.96. The van der Waals surface area contributed by atoms with Gasteiger partial charge in [-0.15, -0.1) is 0 Å². The molecule has 5 atom stereocenters. The predicted molar refractivity (Wildman–Crippen MR) is 62.1 cm³/mol. The Morgan fingerprint density at radius 3 is 2.73 bits per heavy atom. The number of fused-ring (bicyclic) bond motifs is 1. The second-order valence-electron chi connectivity index (χ2n) is 7.15. The third kappa shape index (κ3) is 0.568. The molecular formula is C15H21. The van der Waals surface area contributed by atoms with E-state index in [-0.39, 0.29) is 0 Å². The van der Waals surface area contributed by atoms with E-state index in [1.54, 1.807) is 0 Å². The molecule has 0 aromatic heterocycles. The molecule has 2 unspecified atom stereocenters. The van der Waals surface area contributed by atoms with Crippen LogP contribution in [0.4, 0.5) is 0 Å². The first-order valence-corrected chi connectivity index (χ1v) is 6.53. The Labute approximate surface area is 93.1 Å². The van der Waals surface area contributed by atoms with E-state index >= 15 is 0 Å². The molecule has 0 heterocycles. The van der Waals surface area contributed by atoms with E-state index in [1.165, 1.54) is 12.8 Å². The minimum Gasteiger partial charge on any atom is -0.0839 e. The van der Waals surface area contributed by atoms with Gasteiger partial charge in [-0.05, 0) is 47.3 Å². The van der Waals surface area contributed by atoms with Crippen molar-refractivity contribution in [1.29, 1.82) is 0 Å². The Kier molecular flexibility index (Phi) is 1.15. The molecule has 1 radical (unpaired) electrons. The molecule has 81 valence electrons. The van der Waals surface area contributed by atoms with E-state index in [9.17, 15) is 0 Å². The fraction of sp³-hybridized carbons (Fsp3) is 0.800. The summed E-state index contributed by atoms with van der Waals surface area (Å²) >= 11 is 0. The topological polar surface area (TPSA) is 0 Å².